The number of benzene rings is 1. The van der Waals surface area contributed by atoms with E-state index in [1.165, 1.54) is 7.11 Å². The molecule has 2 atom stereocenters. The Balaban J connectivity index is 0.00000400. The van der Waals surface area contributed by atoms with E-state index in [1.54, 1.807) is 0 Å². The quantitative estimate of drug-likeness (QED) is 0.775. The first kappa shape index (κ1) is 19.4. The molecule has 1 aromatic rings. The number of nitrogens with two attached hydrogens (primary N) is 1. The van der Waals surface area contributed by atoms with Gasteiger partial charge in [0.2, 0.25) is 5.91 Å². The zero-order chi connectivity index (χ0) is 15.1. The van der Waals surface area contributed by atoms with E-state index in [-0.39, 0.29) is 24.2 Å². The molecule has 0 saturated carbocycles. The molecule has 0 unspecified atom stereocenters. The van der Waals surface area contributed by atoms with Crippen molar-refractivity contribution in [2.24, 2.45) is 11.7 Å². The van der Waals surface area contributed by atoms with Crippen LogP contribution < -0.4 is 11.1 Å². The van der Waals surface area contributed by atoms with Crippen LogP contribution in [0.15, 0.2) is 30.3 Å². The standard InChI is InChI=1S/C15H22N2O3.ClH/c1-10(2)13(16)14(18)17-12(15(19)20-3)9-11-7-5-4-6-8-11;/h4-8,10,12-13H,9,16H2,1-3H3,(H,17,18);1H/t12-,13-;/m1./s1. The van der Waals surface area contributed by atoms with Crippen LogP contribution in [0.4, 0.5) is 0 Å². The molecule has 1 aromatic carbocycles. The number of methoxy groups -OCH3 is 1. The summed E-state index contributed by atoms with van der Waals surface area (Å²) in [7, 11) is 1.30. The summed E-state index contributed by atoms with van der Waals surface area (Å²) in [6.07, 6.45) is 0.379. The summed E-state index contributed by atoms with van der Waals surface area (Å²) >= 11 is 0. The molecule has 6 heteroatoms. The fourth-order valence-corrected chi connectivity index (χ4v) is 1.76. The highest BCUT2D eigenvalue weighted by atomic mass is 35.5. The molecule has 0 saturated heterocycles. The Labute approximate surface area is 131 Å². The predicted octanol–water partition coefficient (Wildman–Crippen LogP) is 1.29. The summed E-state index contributed by atoms with van der Waals surface area (Å²) in [6, 6.07) is 8.08. The summed E-state index contributed by atoms with van der Waals surface area (Å²) in [5.41, 5.74) is 6.72. The third kappa shape index (κ3) is 6.14. The van der Waals surface area contributed by atoms with Crippen LogP contribution in [0.1, 0.15) is 19.4 Å². The van der Waals surface area contributed by atoms with Gasteiger partial charge in [-0.05, 0) is 11.5 Å². The van der Waals surface area contributed by atoms with E-state index in [2.05, 4.69) is 5.32 Å². The normalized spacial score (nSPS) is 13.0. The van der Waals surface area contributed by atoms with Crippen molar-refractivity contribution < 1.29 is 14.3 Å². The van der Waals surface area contributed by atoms with Crippen LogP contribution in [-0.2, 0) is 20.7 Å². The molecule has 0 radical (unpaired) electrons. The molecular weight excluding hydrogens is 292 g/mol. The third-order valence-electron chi connectivity index (χ3n) is 3.11. The second-order valence-electron chi connectivity index (χ2n) is 5.04. The third-order valence-corrected chi connectivity index (χ3v) is 3.11. The number of ether oxygens (including phenoxy) is 1. The van der Waals surface area contributed by atoms with Crippen molar-refractivity contribution in [3.05, 3.63) is 35.9 Å². The van der Waals surface area contributed by atoms with Gasteiger partial charge in [-0.1, -0.05) is 44.2 Å². The lowest BCUT2D eigenvalue weighted by molar-refractivity contribution is -0.145. The molecule has 0 aliphatic heterocycles. The first-order chi connectivity index (χ1) is 9.45. The summed E-state index contributed by atoms with van der Waals surface area (Å²) < 4.78 is 4.73. The van der Waals surface area contributed by atoms with Crippen LogP contribution in [0.3, 0.4) is 0 Å². The number of carbonyl (C=O) groups excluding carboxylic acids is 2. The lowest BCUT2D eigenvalue weighted by atomic mass is 10.0. The fraction of sp³-hybridized carbons (Fsp3) is 0.467. The average molecular weight is 315 g/mol. The van der Waals surface area contributed by atoms with Gasteiger partial charge in [-0.3, -0.25) is 4.79 Å². The molecule has 0 fully saturated rings. The molecule has 1 amide bonds. The molecule has 0 bridgehead atoms. The Morgan fingerprint density at radius 2 is 1.81 bits per heavy atom. The van der Waals surface area contributed by atoms with Gasteiger partial charge in [-0.2, -0.15) is 0 Å². The average Bonchev–Trinajstić information content (AvgIpc) is 2.45. The molecule has 1 rings (SSSR count). The summed E-state index contributed by atoms with van der Waals surface area (Å²) in [5, 5.41) is 2.66. The van der Waals surface area contributed by atoms with Crippen LogP contribution in [0.5, 0.6) is 0 Å². The minimum atomic E-state index is -0.723. The van der Waals surface area contributed by atoms with E-state index >= 15 is 0 Å². The zero-order valence-corrected chi connectivity index (χ0v) is 13.4. The molecule has 21 heavy (non-hydrogen) atoms. The van der Waals surface area contributed by atoms with E-state index in [0.29, 0.717) is 6.42 Å². The number of hydrogen-bond donors (Lipinski definition) is 2. The molecule has 0 aliphatic rings. The zero-order valence-electron chi connectivity index (χ0n) is 12.5. The molecule has 118 valence electrons. The number of hydrogen-bond acceptors (Lipinski definition) is 4. The first-order valence-electron chi connectivity index (χ1n) is 6.63. The van der Waals surface area contributed by atoms with Gasteiger partial charge >= 0.3 is 5.97 Å². The maximum Gasteiger partial charge on any atom is 0.328 e. The van der Waals surface area contributed by atoms with Crippen LogP contribution >= 0.6 is 12.4 Å². The van der Waals surface area contributed by atoms with Gasteiger partial charge in [-0.15, -0.1) is 12.4 Å². The highest BCUT2D eigenvalue weighted by Gasteiger charge is 2.25. The number of nitrogens with one attached hydrogen (secondary N) is 1. The number of amides is 1. The van der Waals surface area contributed by atoms with Crippen LogP contribution in [-0.4, -0.2) is 31.1 Å². The van der Waals surface area contributed by atoms with Gasteiger partial charge in [0.05, 0.1) is 13.2 Å². The summed E-state index contributed by atoms with van der Waals surface area (Å²) in [4.78, 5) is 23.7. The van der Waals surface area contributed by atoms with Crippen molar-refractivity contribution in [2.75, 3.05) is 7.11 Å². The maximum absolute atomic E-state index is 12.0. The number of halogens is 1. The molecule has 0 aromatic heterocycles. The van der Waals surface area contributed by atoms with Crippen molar-refractivity contribution in [1.29, 1.82) is 0 Å². The molecule has 0 spiro atoms. The molecule has 0 aliphatic carbocycles. The highest BCUT2D eigenvalue weighted by molar-refractivity contribution is 5.87. The Bertz CT molecular complexity index is 451. The smallest absolute Gasteiger partial charge is 0.328 e. The minimum Gasteiger partial charge on any atom is -0.467 e. The molecule has 5 nitrogen and oxygen atoms in total. The van der Waals surface area contributed by atoms with Gasteiger partial charge in [0.15, 0.2) is 0 Å². The highest BCUT2D eigenvalue weighted by Crippen LogP contribution is 2.06. The SMILES string of the molecule is COC(=O)[C@@H](Cc1ccccc1)NC(=O)[C@H](N)C(C)C.Cl. The fourth-order valence-electron chi connectivity index (χ4n) is 1.76. The summed E-state index contributed by atoms with van der Waals surface area (Å²) in [6.45, 7) is 3.71. The van der Waals surface area contributed by atoms with Gasteiger partial charge in [0, 0.05) is 6.42 Å². The molecule has 3 N–H and O–H groups in total. The molecular formula is C15H23ClN2O3. The predicted molar refractivity (Wildman–Crippen MR) is 84.2 cm³/mol. The Kier molecular flexibility index (Phi) is 8.66. The Hall–Kier alpha value is -1.59. The minimum absolute atomic E-state index is 0. The lowest BCUT2D eigenvalue weighted by Gasteiger charge is -2.21. The van der Waals surface area contributed by atoms with Gasteiger partial charge in [-0.25, -0.2) is 4.79 Å². The van der Waals surface area contributed by atoms with Crippen molar-refractivity contribution in [1.82, 2.24) is 5.32 Å². The van der Waals surface area contributed by atoms with Crippen LogP contribution in [0.2, 0.25) is 0 Å². The maximum atomic E-state index is 12.0. The van der Waals surface area contributed by atoms with E-state index in [0.717, 1.165) is 5.56 Å². The first-order valence-corrected chi connectivity index (χ1v) is 6.63. The summed E-state index contributed by atoms with van der Waals surface area (Å²) in [5.74, 6) is -0.811. The monoisotopic (exact) mass is 314 g/mol. The van der Waals surface area contributed by atoms with Crippen molar-refractivity contribution >= 4 is 24.3 Å². The molecule has 0 heterocycles. The Morgan fingerprint density at radius 3 is 2.29 bits per heavy atom. The van der Waals surface area contributed by atoms with E-state index in [9.17, 15) is 9.59 Å². The second kappa shape index (κ2) is 9.37. The van der Waals surface area contributed by atoms with Crippen molar-refractivity contribution in [3.8, 4) is 0 Å². The second-order valence-corrected chi connectivity index (χ2v) is 5.04. The van der Waals surface area contributed by atoms with Gasteiger partial charge < -0.3 is 15.8 Å². The van der Waals surface area contributed by atoms with Gasteiger partial charge in [0.25, 0.3) is 0 Å². The number of esters is 1. The van der Waals surface area contributed by atoms with Gasteiger partial charge in [0.1, 0.15) is 6.04 Å². The Morgan fingerprint density at radius 1 is 1.24 bits per heavy atom. The van der Waals surface area contributed by atoms with Crippen LogP contribution in [0, 0.1) is 5.92 Å². The van der Waals surface area contributed by atoms with E-state index in [1.807, 2.05) is 44.2 Å². The van der Waals surface area contributed by atoms with Crippen molar-refractivity contribution in [2.45, 2.75) is 32.4 Å². The largest absolute Gasteiger partial charge is 0.467 e. The van der Waals surface area contributed by atoms with Crippen molar-refractivity contribution in [3.63, 3.8) is 0 Å². The number of carbonyl (C=O) groups is 2. The number of rotatable bonds is 6. The van der Waals surface area contributed by atoms with Crippen LogP contribution in [0.25, 0.3) is 0 Å². The van der Waals surface area contributed by atoms with E-state index < -0.39 is 18.1 Å². The topological polar surface area (TPSA) is 81.4 Å². The van der Waals surface area contributed by atoms with E-state index in [4.69, 9.17) is 10.5 Å². The lowest BCUT2D eigenvalue weighted by Crippen LogP contribution is -2.51.